The molecule has 0 N–H and O–H groups in total. The highest BCUT2D eigenvalue weighted by atomic mass is 15.0. The Morgan fingerprint density at radius 3 is 1.16 bits per heavy atom. The van der Waals surface area contributed by atoms with Crippen LogP contribution >= 0.6 is 0 Å². The van der Waals surface area contributed by atoms with E-state index in [1.807, 2.05) is 12.1 Å². The lowest BCUT2D eigenvalue weighted by molar-refractivity contribution is 0.563. The molecule has 0 fully saturated rings. The fraction of sp³-hybridized carbons (Fsp3) is 0.0656. The van der Waals surface area contributed by atoms with E-state index in [4.69, 9.17) is 15.0 Å². The highest BCUT2D eigenvalue weighted by molar-refractivity contribution is 5.90. The molecule has 64 heavy (non-hydrogen) atoms. The van der Waals surface area contributed by atoms with Crippen molar-refractivity contribution in [2.75, 3.05) is 0 Å². The van der Waals surface area contributed by atoms with Crippen LogP contribution < -0.4 is 0 Å². The molecule has 0 aliphatic heterocycles. The molecule has 2 aliphatic carbocycles. The lowest BCUT2D eigenvalue weighted by atomic mass is 9.55. The molecule has 1 spiro atoms. The van der Waals surface area contributed by atoms with Gasteiger partial charge in [-0.2, -0.15) is 0 Å². The molecule has 1 aromatic heterocycles. The minimum atomic E-state index is -0.466. The largest absolute Gasteiger partial charge is 0.208 e. The summed E-state index contributed by atoms with van der Waals surface area (Å²) in [4.78, 5) is 15.5. The van der Waals surface area contributed by atoms with Crippen LogP contribution in [0.4, 0.5) is 0 Å². The summed E-state index contributed by atoms with van der Waals surface area (Å²) in [6.45, 7) is 4.75. The van der Waals surface area contributed by atoms with Crippen molar-refractivity contribution in [3.05, 3.63) is 258 Å². The molecule has 0 radical (unpaired) electrons. The van der Waals surface area contributed by atoms with Crippen LogP contribution in [0.2, 0.25) is 0 Å². The minimum Gasteiger partial charge on any atom is -0.208 e. The van der Waals surface area contributed by atoms with Crippen LogP contribution in [0.5, 0.6) is 0 Å². The number of hydrogen-bond donors (Lipinski definition) is 0. The lowest BCUT2D eigenvalue weighted by Crippen LogP contribution is -2.40. The number of hydrogen-bond acceptors (Lipinski definition) is 3. The fourth-order valence-corrected chi connectivity index (χ4v) is 10.5. The maximum absolute atomic E-state index is 5.20. The summed E-state index contributed by atoms with van der Waals surface area (Å²) in [7, 11) is 0. The average molecular weight is 818 g/mol. The molecule has 0 atom stereocenters. The molecule has 0 bridgehead atoms. The predicted molar refractivity (Wildman–Crippen MR) is 262 cm³/mol. The molecular weight excluding hydrogens is 775 g/mol. The number of fused-ring (bicyclic) bond motifs is 9. The van der Waals surface area contributed by atoms with E-state index >= 15 is 0 Å². The van der Waals surface area contributed by atoms with E-state index in [0.717, 1.165) is 38.9 Å². The van der Waals surface area contributed by atoms with E-state index < -0.39 is 5.41 Å². The van der Waals surface area contributed by atoms with E-state index in [0.29, 0.717) is 17.5 Å². The first-order chi connectivity index (χ1) is 31.5. The van der Waals surface area contributed by atoms with Crippen LogP contribution in [-0.4, -0.2) is 15.0 Å². The van der Waals surface area contributed by atoms with Crippen LogP contribution in [0.15, 0.2) is 224 Å². The van der Waals surface area contributed by atoms with E-state index in [2.05, 4.69) is 226 Å². The van der Waals surface area contributed by atoms with Gasteiger partial charge < -0.3 is 0 Å². The topological polar surface area (TPSA) is 38.7 Å². The summed E-state index contributed by atoms with van der Waals surface area (Å²) >= 11 is 0. The number of rotatable bonds is 6. The molecule has 1 heterocycles. The second kappa shape index (κ2) is 14.8. The molecule has 0 saturated carbocycles. The maximum atomic E-state index is 5.20. The third-order valence-corrected chi connectivity index (χ3v) is 13.6. The van der Waals surface area contributed by atoms with Gasteiger partial charge in [-0.15, -0.1) is 0 Å². The molecule has 302 valence electrons. The van der Waals surface area contributed by atoms with Crippen molar-refractivity contribution < 1.29 is 0 Å². The Morgan fingerprint density at radius 2 is 0.609 bits per heavy atom. The molecule has 3 nitrogen and oxygen atoms in total. The van der Waals surface area contributed by atoms with Crippen molar-refractivity contribution in [2.45, 2.75) is 24.7 Å². The highest BCUT2D eigenvalue weighted by Crippen LogP contribution is 2.62. The molecule has 12 rings (SSSR count). The Bertz CT molecular complexity index is 3240. The summed E-state index contributed by atoms with van der Waals surface area (Å²) < 4.78 is 0. The monoisotopic (exact) mass is 817 g/mol. The Hall–Kier alpha value is -8.01. The number of benzene rings is 9. The molecule has 0 saturated heterocycles. The van der Waals surface area contributed by atoms with Crippen molar-refractivity contribution in [3.8, 4) is 78.7 Å². The molecular formula is C61H43N3. The highest BCUT2D eigenvalue weighted by Gasteiger charge is 2.53. The van der Waals surface area contributed by atoms with Crippen LogP contribution in [0, 0.1) is 0 Å². The van der Waals surface area contributed by atoms with E-state index in [9.17, 15) is 0 Å². The normalized spacial score (nSPS) is 13.7. The summed E-state index contributed by atoms with van der Waals surface area (Å²) in [5.74, 6) is 1.89. The van der Waals surface area contributed by atoms with Crippen molar-refractivity contribution in [2.24, 2.45) is 0 Å². The second-order valence-corrected chi connectivity index (χ2v) is 17.5. The standard InChI is InChI=1S/C61H43N3/c1-60(2)52-24-11-13-26-54(52)61(55-27-14-12-25-53(55)60)51-23-10-9-22-49(51)50-37-36-47(39-56(50)61)46-20-15-21-48(38-46)59-63-57(44-32-28-42(29-33-44)40-16-5-3-6-17-40)62-58(64-59)45-34-30-43(31-35-45)41-18-7-4-8-19-41/h3-39H,1-2H3. The van der Waals surface area contributed by atoms with Crippen LogP contribution in [0.25, 0.3) is 78.7 Å². The van der Waals surface area contributed by atoms with Gasteiger partial charge in [0.05, 0.1) is 5.41 Å². The van der Waals surface area contributed by atoms with Crippen molar-refractivity contribution >= 4 is 0 Å². The Labute approximate surface area is 374 Å². The number of aromatic nitrogens is 3. The minimum absolute atomic E-state index is 0.155. The zero-order valence-corrected chi connectivity index (χ0v) is 35.7. The Kier molecular flexibility index (Phi) is 8.74. The molecule has 9 aromatic carbocycles. The van der Waals surface area contributed by atoms with Gasteiger partial charge in [0.15, 0.2) is 17.5 Å². The van der Waals surface area contributed by atoms with Crippen LogP contribution in [-0.2, 0) is 10.8 Å². The fourth-order valence-electron chi connectivity index (χ4n) is 10.5. The van der Waals surface area contributed by atoms with Gasteiger partial charge in [-0.05, 0) is 90.0 Å². The van der Waals surface area contributed by atoms with E-state index in [1.165, 1.54) is 55.6 Å². The van der Waals surface area contributed by atoms with Gasteiger partial charge in [0.2, 0.25) is 0 Å². The predicted octanol–water partition coefficient (Wildman–Crippen LogP) is 14.9. The third kappa shape index (κ3) is 5.92. The smallest absolute Gasteiger partial charge is 0.164 e. The van der Waals surface area contributed by atoms with Crippen LogP contribution in [0.3, 0.4) is 0 Å². The first-order valence-corrected chi connectivity index (χ1v) is 22.1. The zero-order valence-electron chi connectivity index (χ0n) is 35.7. The van der Waals surface area contributed by atoms with Crippen molar-refractivity contribution in [3.63, 3.8) is 0 Å². The second-order valence-electron chi connectivity index (χ2n) is 17.5. The lowest BCUT2D eigenvalue weighted by Gasteiger charge is -2.46. The molecule has 10 aromatic rings. The number of nitrogens with zero attached hydrogens (tertiary/aromatic N) is 3. The first-order valence-electron chi connectivity index (χ1n) is 22.1. The van der Waals surface area contributed by atoms with Gasteiger partial charge in [0.1, 0.15) is 0 Å². The quantitative estimate of drug-likeness (QED) is 0.168. The zero-order chi connectivity index (χ0) is 42.8. The van der Waals surface area contributed by atoms with Gasteiger partial charge in [0, 0.05) is 22.1 Å². The van der Waals surface area contributed by atoms with E-state index in [-0.39, 0.29) is 5.41 Å². The summed E-state index contributed by atoms with van der Waals surface area (Å²) in [6.07, 6.45) is 0. The average Bonchev–Trinajstić information content (AvgIpc) is 3.66. The maximum Gasteiger partial charge on any atom is 0.164 e. The van der Waals surface area contributed by atoms with Crippen molar-refractivity contribution in [1.82, 2.24) is 15.0 Å². The van der Waals surface area contributed by atoms with E-state index in [1.54, 1.807) is 0 Å². The van der Waals surface area contributed by atoms with Gasteiger partial charge in [-0.1, -0.05) is 226 Å². The molecule has 3 heteroatoms. The van der Waals surface area contributed by atoms with Gasteiger partial charge in [-0.3, -0.25) is 0 Å². The SMILES string of the molecule is CC1(C)c2ccccc2C2(c3ccccc3-c3ccc(-c4cccc(-c5nc(-c6ccc(-c7ccccc7)cc6)nc(-c6ccc(-c7ccccc7)cc6)n5)c4)cc32)c2ccccc21. The molecule has 2 aliphatic rings. The summed E-state index contributed by atoms with van der Waals surface area (Å²) in [5.41, 5.74) is 19.7. The van der Waals surface area contributed by atoms with Gasteiger partial charge in [-0.25, -0.2) is 15.0 Å². The van der Waals surface area contributed by atoms with Gasteiger partial charge in [0.25, 0.3) is 0 Å². The molecule has 0 unspecified atom stereocenters. The Balaban J connectivity index is 0.998. The Morgan fingerprint density at radius 1 is 0.250 bits per heavy atom. The third-order valence-electron chi connectivity index (χ3n) is 13.6. The summed E-state index contributed by atoms with van der Waals surface area (Å²) in [6, 6.07) is 81.0. The first kappa shape index (κ1) is 37.7. The van der Waals surface area contributed by atoms with Crippen LogP contribution in [0.1, 0.15) is 47.2 Å². The molecule has 0 amide bonds. The van der Waals surface area contributed by atoms with Crippen molar-refractivity contribution in [1.29, 1.82) is 0 Å². The summed E-state index contributed by atoms with van der Waals surface area (Å²) in [5, 5.41) is 0. The van der Waals surface area contributed by atoms with Gasteiger partial charge >= 0.3 is 0 Å².